The Morgan fingerprint density at radius 2 is 1.93 bits per heavy atom. The Bertz CT molecular complexity index is 172. The Labute approximate surface area is 83.5 Å². The van der Waals surface area contributed by atoms with Crippen molar-refractivity contribution < 1.29 is 19.0 Å². The Hall–Kier alpha value is -0.450. The highest BCUT2D eigenvalue weighted by Gasteiger charge is 2.23. The van der Waals surface area contributed by atoms with E-state index in [0.29, 0.717) is 32.0 Å². The van der Waals surface area contributed by atoms with E-state index in [1.54, 1.807) is 0 Å². The topological polar surface area (TPSA) is 44.8 Å². The van der Waals surface area contributed by atoms with Gasteiger partial charge in [0.05, 0.1) is 19.6 Å². The van der Waals surface area contributed by atoms with Crippen LogP contribution in [0.3, 0.4) is 0 Å². The zero-order chi connectivity index (χ0) is 9.80. The molecule has 0 amide bonds. The molecule has 14 heavy (non-hydrogen) atoms. The van der Waals surface area contributed by atoms with Crippen molar-refractivity contribution >= 4 is 5.78 Å². The third-order valence-corrected chi connectivity index (χ3v) is 2.63. The number of ketones is 1. The van der Waals surface area contributed by atoms with Crippen molar-refractivity contribution in [1.29, 1.82) is 0 Å². The fourth-order valence-electron chi connectivity index (χ4n) is 1.86. The molecule has 2 saturated heterocycles. The van der Waals surface area contributed by atoms with E-state index in [0.717, 1.165) is 19.6 Å². The van der Waals surface area contributed by atoms with Gasteiger partial charge in [-0.05, 0) is 12.3 Å². The molecule has 2 aliphatic rings. The van der Waals surface area contributed by atoms with Gasteiger partial charge in [0.2, 0.25) is 0 Å². The molecule has 4 nitrogen and oxygen atoms in total. The van der Waals surface area contributed by atoms with Gasteiger partial charge < -0.3 is 14.2 Å². The zero-order valence-corrected chi connectivity index (χ0v) is 8.24. The molecule has 2 fully saturated rings. The quantitative estimate of drug-likeness (QED) is 0.671. The van der Waals surface area contributed by atoms with Crippen molar-refractivity contribution in [3.8, 4) is 0 Å². The van der Waals surface area contributed by atoms with Crippen molar-refractivity contribution in [1.82, 2.24) is 0 Å². The SMILES string of the molecule is O=C(CC1CCOC1)CC1OCCO1. The first-order valence-corrected chi connectivity index (χ1v) is 5.17. The summed E-state index contributed by atoms with van der Waals surface area (Å²) in [5.74, 6) is 0.649. The third-order valence-electron chi connectivity index (χ3n) is 2.63. The lowest BCUT2D eigenvalue weighted by atomic mass is 10.0. The van der Waals surface area contributed by atoms with E-state index in [1.807, 2.05) is 0 Å². The molecule has 1 unspecified atom stereocenters. The lowest BCUT2D eigenvalue weighted by molar-refractivity contribution is -0.128. The van der Waals surface area contributed by atoms with Crippen molar-refractivity contribution in [2.75, 3.05) is 26.4 Å². The molecule has 0 N–H and O–H groups in total. The van der Waals surface area contributed by atoms with E-state index in [-0.39, 0.29) is 12.1 Å². The Kier molecular flexibility index (Phi) is 3.50. The lowest BCUT2D eigenvalue weighted by Gasteiger charge is -2.09. The molecule has 1 atom stereocenters. The Morgan fingerprint density at radius 3 is 2.57 bits per heavy atom. The highest BCUT2D eigenvalue weighted by molar-refractivity contribution is 5.79. The van der Waals surface area contributed by atoms with Crippen LogP contribution in [0.4, 0.5) is 0 Å². The van der Waals surface area contributed by atoms with Crippen LogP contribution in [-0.4, -0.2) is 38.5 Å². The molecule has 2 aliphatic heterocycles. The van der Waals surface area contributed by atoms with Crippen LogP contribution >= 0.6 is 0 Å². The van der Waals surface area contributed by atoms with Gasteiger partial charge in [-0.25, -0.2) is 0 Å². The molecule has 0 bridgehead atoms. The second-order valence-electron chi connectivity index (χ2n) is 3.85. The number of carbonyl (C=O) groups is 1. The highest BCUT2D eigenvalue weighted by Crippen LogP contribution is 2.19. The molecular formula is C10H16O4. The van der Waals surface area contributed by atoms with Crippen molar-refractivity contribution in [3.63, 3.8) is 0 Å². The molecule has 0 aliphatic carbocycles. The van der Waals surface area contributed by atoms with Crippen LogP contribution < -0.4 is 0 Å². The van der Waals surface area contributed by atoms with Crippen LogP contribution in [0.2, 0.25) is 0 Å². The second-order valence-corrected chi connectivity index (χ2v) is 3.85. The van der Waals surface area contributed by atoms with Crippen LogP contribution in [-0.2, 0) is 19.0 Å². The van der Waals surface area contributed by atoms with Crippen LogP contribution in [0.25, 0.3) is 0 Å². The van der Waals surface area contributed by atoms with Gasteiger partial charge in [0.15, 0.2) is 6.29 Å². The van der Waals surface area contributed by atoms with Gasteiger partial charge in [-0.3, -0.25) is 4.79 Å². The standard InChI is InChI=1S/C10H16O4/c11-9(5-8-1-2-12-7-8)6-10-13-3-4-14-10/h8,10H,1-7H2. The number of Topliss-reactive ketones (excluding diaryl/α,β-unsaturated/α-hetero) is 1. The molecule has 0 spiro atoms. The smallest absolute Gasteiger partial charge is 0.164 e. The van der Waals surface area contributed by atoms with Crippen molar-refractivity contribution in [3.05, 3.63) is 0 Å². The van der Waals surface area contributed by atoms with Crippen molar-refractivity contribution in [2.24, 2.45) is 5.92 Å². The normalized spacial score (nSPS) is 28.4. The van der Waals surface area contributed by atoms with Crippen LogP contribution in [0.5, 0.6) is 0 Å². The fourth-order valence-corrected chi connectivity index (χ4v) is 1.86. The first-order chi connectivity index (χ1) is 6.84. The van der Waals surface area contributed by atoms with E-state index in [2.05, 4.69) is 0 Å². The van der Waals surface area contributed by atoms with E-state index in [1.165, 1.54) is 0 Å². The van der Waals surface area contributed by atoms with E-state index in [9.17, 15) is 4.79 Å². The maximum Gasteiger partial charge on any atom is 0.164 e. The number of hydrogen-bond acceptors (Lipinski definition) is 4. The van der Waals surface area contributed by atoms with E-state index < -0.39 is 0 Å². The molecule has 0 saturated carbocycles. The van der Waals surface area contributed by atoms with Gasteiger partial charge >= 0.3 is 0 Å². The first kappa shape index (κ1) is 10.1. The summed E-state index contributed by atoms with van der Waals surface area (Å²) in [6.07, 6.45) is 1.74. The maximum absolute atomic E-state index is 11.5. The average molecular weight is 200 g/mol. The molecule has 0 aromatic heterocycles. The average Bonchev–Trinajstić information content (AvgIpc) is 2.76. The van der Waals surface area contributed by atoms with Gasteiger partial charge in [0.25, 0.3) is 0 Å². The molecule has 2 rings (SSSR count). The Balaban J connectivity index is 1.66. The summed E-state index contributed by atoms with van der Waals surface area (Å²) in [5, 5.41) is 0. The fraction of sp³-hybridized carbons (Fsp3) is 0.900. The minimum absolute atomic E-state index is 0.229. The van der Waals surface area contributed by atoms with Crippen LogP contribution in [0, 0.1) is 5.92 Å². The second kappa shape index (κ2) is 4.87. The summed E-state index contributed by atoms with van der Waals surface area (Å²) in [6, 6.07) is 0. The van der Waals surface area contributed by atoms with Crippen LogP contribution in [0.15, 0.2) is 0 Å². The molecule has 80 valence electrons. The number of ether oxygens (including phenoxy) is 3. The van der Waals surface area contributed by atoms with E-state index in [4.69, 9.17) is 14.2 Å². The van der Waals surface area contributed by atoms with Gasteiger partial charge in [-0.1, -0.05) is 0 Å². The summed E-state index contributed by atoms with van der Waals surface area (Å²) in [4.78, 5) is 11.5. The molecule has 0 radical (unpaired) electrons. The summed E-state index contributed by atoms with van der Waals surface area (Å²) < 4.78 is 15.6. The number of rotatable bonds is 4. The monoisotopic (exact) mass is 200 g/mol. The summed E-state index contributed by atoms with van der Waals surface area (Å²) in [7, 11) is 0. The van der Waals surface area contributed by atoms with Gasteiger partial charge in [-0.15, -0.1) is 0 Å². The molecule has 0 aromatic carbocycles. The zero-order valence-electron chi connectivity index (χ0n) is 8.24. The maximum atomic E-state index is 11.5. The highest BCUT2D eigenvalue weighted by atomic mass is 16.7. The third kappa shape index (κ3) is 2.77. The predicted molar refractivity (Wildman–Crippen MR) is 48.9 cm³/mol. The van der Waals surface area contributed by atoms with Crippen molar-refractivity contribution in [2.45, 2.75) is 25.6 Å². The Morgan fingerprint density at radius 1 is 1.14 bits per heavy atom. The minimum Gasteiger partial charge on any atom is -0.381 e. The van der Waals surface area contributed by atoms with Gasteiger partial charge in [0.1, 0.15) is 5.78 Å². The summed E-state index contributed by atoms with van der Waals surface area (Å²) in [5.41, 5.74) is 0. The van der Waals surface area contributed by atoms with Gasteiger partial charge in [-0.2, -0.15) is 0 Å². The number of carbonyl (C=O) groups excluding carboxylic acids is 1. The summed E-state index contributed by atoms with van der Waals surface area (Å²) in [6.45, 7) is 2.77. The summed E-state index contributed by atoms with van der Waals surface area (Å²) >= 11 is 0. The minimum atomic E-state index is -0.287. The number of hydrogen-bond donors (Lipinski definition) is 0. The van der Waals surface area contributed by atoms with Gasteiger partial charge in [0, 0.05) is 19.6 Å². The van der Waals surface area contributed by atoms with Crippen LogP contribution in [0.1, 0.15) is 19.3 Å². The predicted octanol–water partition coefficient (Wildman–Crippen LogP) is 0.745. The largest absolute Gasteiger partial charge is 0.381 e. The molecule has 2 heterocycles. The molecule has 4 heteroatoms. The van der Waals surface area contributed by atoms with E-state index >= 15 is 0 Å². The first-order valence-electron chi connectivity index (χ1n) is 5.17. The molecule has 0 aromatic rings. The lowest BCUT2D eigenvalue weighted by Crippen LogP contribution is -2.17. The molecular weight excluding hydrogens is 184 g/mol.